The smallest absolute Gasteiger partial charge is 0.244 e. The van der Waals surface area contributed by atoms with E-state index in [2.05, 4.69) is 28.2 Å². The second-order valence-corrected chi connectivity index (χ2v) is 6.51. The molecule has 0 aliphatic carbocycles. The monoisotopic (exact) mass is 388 g/mol. The van der Waals surface area contributed by atoms with Gasteiger partial charge in [0.25, 0.3) is 0 Å². The molecule has 0 heterocycles. The van der Waals surface area contributed by atoms with Crippen LogP contribution in [-0.4, -0.2) is 18.4 Å². The molecule has 0 aromatic heterocycles. The molecule has 2 rings (SSSR count). The number of halogens is 1. The van der Waals surface area contributed by atoms with Crippen molar-refractivity contribution in [2.75, 3.05) is 16.8 Å². The highest BCUT2D eigenvalue weighted by Crippen LogP contribution is 2.23. The highest BCUT2D eigenvalue weighted by atomic mass is 79.9. The summed E-state index contributed by atoms with van der Waals surface area (Å²) in [6.45, 7) is 5.49. The molecule has 2 aromatic rings. The summed E-state index contributed by atoms with van der Waals surface area (Å²) in [6.07, 6.45) is 0.933. The molecule has 0 aliphatic rings. The Balaban J connectivity index is 2.11. The first-order chi connectivity index (χ1) is 11.4. The second kappa shape index (κ2) is 8.11. The van der Waals surface area contributed by atoms with Crippen molar-refractivity contribution >= 4 is 39.1 Å². The van der Waals surface area contributed by atoms with Crippen LogP contribution in [0, 0.1) is 6.92 Å². The van der Waals surface area contributed by atoms with E-state index in [1.54, 1.807) is 0 Å². The minimum absolute atomic E-state index is 0.0267. The SMILES string of the molecule is CCc1ccc(N(CC(=O)Nc2ccc(C)cc2Br)C(C)=O)cc1. The Hall–Kier alpha value is -2.14. The van der Waals surface area contributed by atoms with Crippen molar-refractivity contribution in [3.05, 3.63) is 58.1 Å². The first-order valence-electron chi connectivity index (χ1n) is 7.83. The molecule has 2 amide bonds. The van der Waals surface area contributed by atoms with Gasteiger partial charge in [-0.25, -0.2) is 0 Å². The van der Waals surface area contributed by atoms with Crippen LogP contribution in [-0.2, 0) is 16.0 Å². The van der Waals surface area contributed by atoms with Gasteiger partial charge in [0.15, 0.2) is 0 Å². The normalized spacial score (nSPS) is 10.3. The molecule has 0 saturated carbocycles. The van der Waals surface area contributed by atoms with Crippen molar-refractivity contribution in [2.24, 2.45) is 0 Å². The first kappa shape index (κ1) is 18.2. The van der Waals surface area contributed by atoms with Crippen molar-refractivity contribution in [3.63, 3.8) is 0 Å². The fourth-order valence-electron chi connectivity index (χ4n) is 2.35. The molecule has 0 spiro atoms. The van der Waals surface area contributed by atoms with Crippen molar-refractivity contribution < 1.29 is 9.59 Å². The van der Waals surface area contributed by atoms with Crippen LogP contribution in [0.4, 0.5) is 11.4 Å². The van der Waals surface area contributed by atoms with Crippen molar-refractivity contribution in [3.8, 4) is 0 Å². The number of nitrogens with one attached hydrogen (secondary N) is 1. The molecule has 0 aliphatic heterocycles. The van der Waals surface area contributed by atoms with Gasteiger partial charge in [-0.15, -0.1) is 0 Å². The Morgan fingerprint density at radius 2 is 1.79 bits per heavy atom. The Morgan fingerprint density at radius 1 is 1.12 bits per heavy atom. The van der Waals surface area contributed by atoms with E-state index in [9.17, 15) is 9.59 Å². The third kappa shape index (κ3) is 4.68. The topological polar surface area (TPSA) is 49.4 Å². The standard InChI is InChI=1S/C19H21BrN2O2/c1-4-15-6-8-16(9-7-15)22(14(3)23)12-19(24)21-18-10-5-13(2)11-17(18)20/h5-11H,4,12H2,1-3H3,(H,21,24). The predicted molar refractivity (Wildman–Crippen MR) is 101 cm³/mol. The molecule has 0 bridgehead atoms. The molecule has 4 nitrogen and oxygen atoms in total. The summed E-state index contributed by atoms with van der Waals surface area (Å²) in [6, 6.07) is 13.4. The zero-order valence-electron chi connectivity index (χ0n) is 14.1. The molecule has 2 aromatic carbocycles. The van der Waals surface area contributed by atoms with Gasteiger partial charge in [0.05, 0.1) is 5.69 Å². The molecule has 24 heavy (non-hydrogen) atoms. The lowest BCUT2D eigenvalue weighted by Crippen LogP contribution is -2.36. The fraction of sp³-hybridized carbons (Fsp3) is 0.263. The molecular weight excluding hydrogens is 368 g/mol. The van der Waals surface area contributed by atoms with Crippen LogP contribution in [0.15, 0.2) is 46.9 Å². The third-order valence-corrected chi connectivity index (χ3v) is 4.39. The number of carbonyl (C=O) groups is 2. The molecule has 0 unspecified atom stereocenters. The van der Waals surface area contributed by atoms with Crippen molar-refractivity contribution in [1.29, 1.82) is 0 Å². The predicted octanol–water partition coefficient (Wildman–Crippen LogP) is 4.31. The van der Waals surface area contributed by atoms with Crippen molar-refractivity contribution in [2.45, 2.75) is 27.2 Å². The van der Waals surface area contributed by atoms with E-state index in [1.807, 2.05) is 49.4 Å². The van der Waals surface area contributed by atoms with E-state index in [4.69, 9.17) is 0 Å². The van der Waals surface area contributed by atoms with Gasteiger partial charge < -0.3 is 10.2 Å². The summed E-state index contributed by atoms with van der Waals surface area (Å²) >= 11 is 3.44. The van der Waals surface area contributed by atoms with Crippen LogP contribution < -0.4 is 10.2 Å². The quantitative estimate of drug-likeness (QED) is 0.829. The molecule has 0 saturated heterocycles. The largest absolute Gasteiger partial charge is 0.324 e. The number of hydrogen-bond donors (Lipinski definition) is 1. The van der Waals surface area contributed by atoms with E-state index in [1.165, 1.54) is 17.4 Å². The van der Waals surface area contributed by atoms with Crippen molar-refractivity contribution in [1.82, 2.24) is 0 Å². The van der Waals surface area contributed by atoms with Gasteiger partial charge in [0.1, 0.15) is 6.54 Å². The van der Waals surface area contributed by atoms with Crippen LogP contribution in [0.3, 0.4) is 0 Å². The highest BCUT2D eigenvalue weighted by molar-refractivity contribution is 9.10. The van der Waals surface area contributed by atoms with Gasteiger partial charge in [-0.1, -0.05) is 25.1 Å². The zero-order valence-corrected chi connectivity index (χ0v) is 15.7. The zero-order chi connectivity index (χ0) is 17.7. The molecule has 0 radical (unpaired) electrons. The summed E-state index contributed by atoms with van der Waals surface area (Å²) in [5.41, 5.74) is 3.70. The average molecular weight is 389 g/mol. The fourth-order valence-corrected chi connectivity index (χ4v) is 2.94. The number of hydrogen-bond acceptors (Lipinski definition) is 2. The number of amides is 2. The highest BCUT2D eigenvalue weighted by Gasteiger charge is 2.16. The van der Waals surface area contributed by atoms with Crippen LogP contribution >= 0.6 is 15.9 Å². The number of anilines is 2. The van der Waals surface area contributed by atoms with E-state index in [0.29, 0.717) is 5.69 Å². The molecule has 5 heteroatoms. The minimum atomic E-state index is -0.241. The molecule has 0 fully saturated rings. The van der Waals surface area contributed by atoms with Crippen LogP contribution in [0.2, 0.25) is 0 Å². The molecule has 1 N–H and O–H groups in total. The number of nitrogens with zero attached hydrogens (tertiary/aromatic N) is 1. The first-order valence-corrected chi connectivity index (χ1v) is 8.63. The minimum Gasteiger partial charge on any atom is -0.324 e. The summed E-state index contributed by atoms with van der Waals surface area (Å²) in [4.78, 5) is 25.7. The number of rotatable bonds is 5. The Morgan fingerprint density at radius 3 is 2.33 bits per heavy atom. The van der Waals surface area contributed by atoms with Crippen LogP contribution in [0.1, 0.15) is 25.0 Å². The van der Waals surface area contributed by atoms with Gasteiger partial charge in [-0.2, -0.15) is 0 Å². The number of benzene rings is 2. The maximum atomic E-state index is 12.3. The summed E-state index contributed by atoms with van der Waals surface area (Å²) in [5.74, 6) is -0.410. The summed E-state index contributed by atoms with van der Waals surface area (Å²) in [5, 5.41) is 2.84. The van der Waals surface area contributed by atoms with E-state index >= 15 is 0 Å². The Bertz CT molecular complexity index is 742. The number of aryl methyl sites for hydroxylation is 2. The average Bonchev–Trinajstić information content (AvgIpc) is 2.55. The van der Waals surface area contributed by atoms with Crippen LogP contribution in [0.5, 0.6) is 0 Å². The van der Waals surface area contributed by atoms with E-state index < -0.39 is 0 Å². The lowest BCUT2D eigenvalue weighted by molar-refractivity contribution is -0.120. The summed E-state index contributed by atoms with van der Waals surface area (Å²) in [7, 11) is 0. The van der Waals surface area contributed by atoms with Gasteiger partial charge in [-0.3, -0.25) is 9.59 Å². The third-order valence-electron chi connectivity index (χ3n) is 3.74. The number of carbonyl (C=O) groups excluding carboxylic acids is 2. The Kier molecular flexibility index (Phi) is 6.15. The van der Waals surface area contributed by atoms with Gasteiger partial charge in [0, 0.05) is 17.1 Å². The lowest BCUT2D eigenvalue weighted by atomic mass is 10.1. The van der Waals surface area contributed by atoms with Gasteiger partial charge >= 0.3 is 0 Å². The molecule has 0 atom stereocenters. The van der Waals surface area contributed by atoms with E-state index in [0.717, 1.165) is 22.1 Å². The lowest BCUT2D eigenvalue weighted by Gasteiger charge is -2.21. The maximum absolute atomic E-state index is 12.3. The van der Waals surface area contributed by atoms with Gasteiger partial charge in [-0.05, 0) is 64.7 Å². The molecular formula is C19H21BrN2O2. The van der Waals surface area contributed by atoms with Gasteiger partial charge in [0.2, 0.25) is 11.8 Å². The van der Waals surface area contributed by atoms with Crippen LogP contribution in [0.25, 0.3) is 0 Å². The maximum Gasteiger partial charge on any atom is 0.244 e. The molecule has 126 valence electrons. The van der Waals surface area contributed by atoms with E-state index in [-0.39, 0.29) is 18.4 Å². The Labute approximate surface area is 151 Å². The summed E-state index contributed by atoms with van der Waals surface area (Å²) < 4.78 is 0.817. The second-order valence-electron chi connectivity index (χ2n) is 5.66.